The van der Waals surface area contributed by atoms with Crippen molar-refractivity contribution in [3.05, 3.63) is 36.5 Å². The fraction of sp³-hybridized carbons (Fsp3) is 0.824. The molecule has 1 unspecified atom stereocenters. The lowest BCUT2D eigenvalue weighted by Crippen LogP contribution is -2.30. The first-order chi connectivity index (χ1) is 28.0. The van der Waals surface area contributed by atoms with Gasteiger partial charge in [0.05, 0.1) is 0 Å². The van der Waals surface area contributed by atoms with Crippen molar-refractivity contribution in [1.29, 1.82) is 0 Å². The van der Waals surface area contributed by atoms with Gasteiger partial charge in [-0.1, -0.05) is 192 Å². The van der Waals surface area contributed by atoms with E-state index in [1.165, 1.54) is 122 Å². The van der Waals surface area contributed by atoms with E-state index in [1.807, 2.05) is 0 Å². The predicted molar refractivity (Wildman–Crippen MR) is 242 cm³/mol. The molecule has 0 aromatic carbocycles. The maximum absolute atomic E-state index is 12.7. The van der Waals surface area contributed by atoms with Gasteiger partial charge >= 0.3 is 17.9 Å². The van der Waals surface area contributed by atoms with Crippen molar-refractivity contribution < 1.29 is 28.6 Å². The fourth-order valence-electron chi connectivity index (χ4n) is 6.88. The minimum atomic E-state index is -0.777. The molecule has 0 spiro atoms. The minimum Gasteiger partial charge on any atom is -0.462 e. The highest BCUT2D eigenvalue weighted by Gasteiger charge is 2.19. The second-order valence-electron chi connectivity index (χ2n) is 16.4. The molecule has 0 amide bonds. The third-order valence-electron chi connectivity index (χ3n) is 10.6. The lowest BCUT2D eigenvalue weighted by molar-refractivity contribution is -0.167. The van der Waals surface area contributed by atoms with E-state index in [-0.39, 0.29) is 31.1 Å². The molecule has 57 heavy (non-hydrogen) atoms. The van der Waals surface area contributed by atoms with Gasteiger partial charge in [-0.15, -0.1) is 0 Å². The quantitative estimate of drug-likeness (QED) is 0.0264. The summed E-state index contributed by atoms with van der Waals surface area (Å²) >= 11 is 0. The zero-order valence-corrected chi connectivity index (χ0v) is 37.9. The summed E-state index contributed by atoms with van der Waals surface area (Å²) in [6, 6.07) is 0. The molecule has 0 N–H and O–H groups in total. The Labute approximate surface area is 353 Å². The Bertz CT molecular complexity index is 969. The van der Waals surface area contributed by atoms with Gasteiger partial charge in [0.2, 0.25) is 0 Å². The molecule has 0 rings (SSSR count). The summed E-state index contributed by atoms with van der Waals surface area (Å²) < 4.78 is 16.7. The van der Waals surface area contributed by atoms with Gasteiger partial charge in [0.15, 0.2) is 6.10 Å². The highest BCUT2D eigenvalue weighted by Crippen LogP contribution is 2.14. The lowest BCUT2D eigenvalue weighted by atomic mass is 10.1. The smallest absolute Gasteiger partial charge is 0.306 e. The summed E-state index contributed by atoms with van der Waals surface area (Å²) in [4.78, 5) is 37.8. The van der Waals surface area contributed by atoms with Crippen LogP contribution in [0.5, 0.6) is 0 Å². The van der Waals surface area contributed by atoms with Crippen LogP contribution in [-0.2, 0) is 28.6 Å². The van der Waals surface area contributed by atoms with Crippen LogP contribution in [0.2, 0.25) is 0 Å². The molecule has 332 valence electrons. The Morgan fingerprint density at radius 3 is 1.04 bits per heavy atom. The molecule has 0 bridgehead atoms. The van der Waals surface area contributed by atoms with Crippen molar-refractivity contribution in [1.82, 2.24) is 0 Å². The van der Waals surface area contributed by atoms with Crippen LogP contribution < -0.4 is 0 Å². The molecule has 0 fully saturated rings. The molecular formula is C51H92O6. The summed E-state index contributed by atoms with van der Waals surface area (Å²) in [5, 5.41) is 0. The first kappa shape index (κ1) is 54.6. The van der Waals surface area contributed by atoms with Crippen LogP contribution in [0.1, 0.15) is 252 Å². The maximum atomic E-state index is 12.7. The average Bonchev–Trinajstić information content (AvgIpc) is 3.21. The molecule has 1 atom stereocenters. The number of allylic oxidation sites excluding steroid dienone is 6. The van der Waals surface area contributed by atoms with E-state index in [0.29, 0.717) is 19.3 Å². The van der Waals surface area contributed by atoms with Crippen LogP contribution >= 0.6 is 0 Å². The normalized spacial score (nSPS) is 12.3. The number of carbonyl (C=O) groups is 3. The van der Waals surface area contributed by atoms with Gasteiger partial charge in [0.1, 0.15) is 13.2 Å². The van der Waals surface area contributed by atoms with E-state index >= 15 is 0 Å². The summed E-state index contributed by atoms with van der Waals surface area (Å²) in [7, 11) is 0. The molecule has 0 aliphatic rings. The van der Waals surface area contributed by atoms with Crippen LogP contribution in [0, 0.1) is 0 Å². The number of esters is 3. The van der Waals surface area contributed by atoms with Gasteiger partial charge in [0, 0.05) is 19.3 Å². The first-order valence-corrected chi connectivity index (χ1v) is 24.5. The van der Waals surface area contributed by atoms with Crippen LogP contribution in [0.15, 0.2) is 36.5 Å². The maximum Gasteiger partial charge on any atom is 0.306 e. The Balaban J connectivity index is 4.37. The van der Waals surface area contributed by atoms with E-state index in [4.69, 9.17) is 14.2 Å². The van der Waals surface area contributed by atoms with Crippen LogP contribution in [0.4, 0.5) is 0 Å². The van der Waals surface area contributed by atoms with Gasteiger partial charge in [-0.2, -0.15) is 0 Å². The van der Waals surface area contributed by atoms with E-state index in [1.54, 1.807) is 0 Å². The monoisotopic (exact) mass is 801 g/mol. The van der Waals surface area contributed by atoms with Gasteiger partial charge < -0.3 is 14.2 Å². The summed E-state index contributed by atoms with van der Waals surface area (Å²) in [6.45, 7) is 6.58. The Morgan fingerprint density at radius 2 is 0.632 bits per heavy atom. The van der Waals surface area contributed by atoms with Crippen molar-refractivity contribution in [3.63, 3.8) is 0 Å². The lowest BCUT2D eigenvalue weighted by Gasteiger charge is -2.18. The van der Waals surface area contributed by atoms with Crippen molar-refractivity contribution in [3.8, 4) is 0 Å². The van der Waals surface area contributed by atoms with E-state index < -0.39 is 6.10 Å². The zero-order chi connectivity index (χ0) is 41.5. The second-order valence-corrected chi connectivity index (χ2v) is 16.4. The first-order valence-electron chi connectivity index (χ1n) is 24.5. The topological polar surface area (TPSA) is 78.9 Å². The zero-order valence-electron chi connectivity index (χ0n) is 37.9. The number of carbonyl (C=O) groups excluding carboxylic acids is 3. The largest absolute Gasteiger partial charge is 0.462 e. The molecule has 0 aromatic rings. The molecular weight excluding hydrogens is 709 g/mol. The number of hydrogen-bond acceptors (Lipinski definition) is 6. The van der Waals surface area contributed by atoms with E-state index in [9.17, 15) is 14.4 Å². The SMILES string of the molecule is CCCCC/C=C\CCCCCCCC(=O)OC(COC(=O)CCCCCCC/C=C\C/C=C\CCCCCC)COC(=O)CCCCCCCCCCCCC. The number of unbranched alkanes of at least 4 members (excludes halogenated alkanes) is 27. The van der Waals surface area contributed by atoms with Crippen LogP contribution in [-0.4, -0.2) is 37.2 Å². The molecule has 0 heterocycles. The Morgan fingerprint density at radius 1 is 0.351 bits per heavy atom. The van der Waals surface area contributed by atoms with Crippen LogP contribution in [0.3, 0.4) is 0 Å². The molecule has 0 aromatic heterocycles. The predicted octanol–water partition coefficient (Wildman–Crippen LogP) is 15.8. The van der Waals surface area contributed by atoms with E-state index in [2.05, 4.69) is 57.2 Å². The molecule has 0 saturated carbocycles. The Hall–Kier alpha value is -2.37. The van der Waals surface area contributed by atoms with Gasteiger partial charge in [-0.05, 0) is 77.0 Å². The highest BCUT2D eigenvalue weighted by molar-refractivity contribution is 5.71. The molecule has 0 aliphatic carbocycles. The fourth-order valence-corrected chi connectivity index (χ4v) is 6.88. The van der Waals surface area contributed by atoms with Crippen molar-refractivity contribution >= 4 is 17.9 Å². The van der Waals surface area contributed by atoms with Gasteiger partial charge in [0.25, 0.3) is 0 Å². The third kappa shape index (κ3) is 44.6. The number of ether oxygens (including phenoxy) is 3. The van der Waals surface area contributed by atoms with Crippen molar-refractivity contribution in [2.24, 2.45) is 0 Å². The minimum absolute atomic E-state index is 0.0778. The third-order valence-corrected chi connectivity index (χ3v) is 10.6. The average molecular weight is 801 g/mol. The summed E-state index contributed by atoms with van der Waals surface area (Å²) in [5.74, 6) is -0.897. The van der Waals surface area contributed by atoms with Crippen LogP contribution in [0.25, 0.3) is 0 Å². The molecule has 6 nitrogen and oxygen atoms in total. The number of rotatable bonds is 44. The molecule has 0 saturated heterocycles. The molecule has 6 heteroatoms. The summed E-state index contributed by atoms with van der Waals surface area (Å²) in [5.41, 5.74) is 0. The van der Waals surface area contributed by atoms with Crippen molar-refractivity contribution in [2.45, 2.75) is 258 Å². The standard InChI is InChI=1S/C51H92O6/c1-4-7-10-13-16-19-22-24-25-26-27-30-32-35-38-41-44-50(53)56-47-48(46-55-49(52)43-40-37-34-31-28-21-18-15-12-9-6-3)57-51(54)45-42-39-36-33-29-23-20-17-14-11-8-5-2/h17,19-20,22,25-26,48H,4-16,18,21,23-24,27-47H2,1-3H3/b20-17-,22-19-,26-25-. The van der Waals surface area contributed by atoms with E-state index in [0.717, 1.165) is 89.9 Å². The molecule has 0 aliphatic heterocycles. The Kier molecular flexibility index (Phi) is 44.4. The summed E-state index contributed by atoms with van der Waals surface area (Å²) in [6.07, 6.45) is 52.6. The second kappa shape index (κ2) is 46.3. The number of hydrogen-bond donors (Lipinski definition) is 0. The molecule has 0 radical (unpaired) electrons. The highest BCUT2D eigenvalue weighted by atomic mass is 16.6. The van der Waals surface area contributed by atoms with Crippen molar-refractivity contribution in [2.75, 3.05) is 13.2 Å². The van der Waals surface area contributed by atoms with Gasteiger partial charge in [-0.3, -0.25) is 14.4 Å². The van der Waals surface area contributed by atoms with Gasteiger partial charge in [-0.25, -0.2) is 0 Å².